The van der Waals surface area contributed by atoms with Gasteiger partial charge in [0.15, 0.2) is 6.29 Å². The second kappa shape index (κ2) is 5.59. The predicted octanol–water partition coefficient (Wildman–Crippen LogP) is 0.725. The molecule has 5 heteroatoms. The molecule has 0 radical (unpaired) electrons. The number of hydrogen-bond acceptors (Lipinski definition) is 4. The summed E-state index contributed by atoms with van der Waals surface area (Å²) < 4.78 is 9.70. The molecule has 0 rings (SSSR count). The van der Waals surface area contributed by atoms with Crippen LogP contribution in [0.5, 0.6) is 0 Å². The number of ether oxygens (including phenoxy) is 2. The van der Waals surface area contributed by atoms with Gasteiger partial charge in [-0.1, -0.05) is 0 Å². The molecular formula is C9H17NO4. The highest BCUT2D eigenvalue weighted by Crippen LogP contribution is 2.06. The van der Waals surface area contributed by atoms with Crippen molar-refractivity contribution in [2.24, 2.45) is 0 Å². The van der Waals surface area contributed by atoms with E-state index in [0.717, 1.165) is 0 Å². The van der Waals surface area contributed by atoms with Crippen LogP contribution < -0.4 is 5.32 Å². The molecule has 1 N–H and O–H groups in total. The summed E-state index contributed by atoms with van der Waals surface area (Å²) in [5.74, 6) is 0. The molecule has 0 fully saturated rings. The van der Waals surface area contributed by atoms with Crippen LogP contribution in [0.1, 0.15) is 20.8 Å². The molecule has 0 heterocycles. The minimum absolute atomic E-state index is 0.120. The Morgan fingerprint density at radius 3 is 2.43 bits per heavy atom. The monoisotopic (exact) mass is 203 g/mol. The van der Waals surface area contributed by atoms with Crippen molar-refractivity contribution < 1.29 is 19.1 Å². The van der Waals surface area contributed by atoms with Crippen molar-refractivity contribution in [1.82, 2.24) is 5.32 Å². The van der Waals surface area contributed by atoms with Crippen molar-refractivity contribution in [2.45, 2.75) is 32.5 Å². The van der Waals surface area contributed by atoms with Crippen LogP contribution in [0, 0.1) is 0 Å². The van der Waals surface area contributed by atoms with Gasteiger partial charge in [0, 0.05) is 7.11 Å². The summed E-state index contributed by atoms with van der Waals surface area (Å²) in [6.45, 7) is 5.41. The van der Waals surface area contributed by atoms with Crippen molar-refractivity contribution in [3.63, 3.8) is 0 Å². The lowest BCUT2D eigenvalue weighted by molar-refractivity contribution is -0.116. The molecule has 1 amide bonds. The van der Waals surface area contributed by atoms with Crippen LogP contribution in [0.4, 0.5) is 4.79 Å². The zero-order valence-corrected chi connectivity index (χ0v) is 8.99. The summed E-state index contributed by atoms with van der Waals surface area (Å²) in [6.07, 6.45) is -0.555. The van der Waals surface area contributed by atoms with E-state index in [-0.39, 0.29) is 6.54 Å². The number of carbonyl (C=O) groups excluding carboxylic acids is 2. The van der Waals surface area contributed by atoms with E-state index in [2.05, 4.69) is 5.32 Å². The fourth-order valence-electron chi connectivity index (χ4n) is 0.685. The van der Waals surface area contributed by atoms with Crippen LogP contribution in [-0.4, -0.2) is 37.7 Å². The van der Waals surface area contributed by atoms with Crippen molar-refractivity contribution in [3.8, 4) is 0 Å². The molecule has 1 unspecified atom stereocenters. The van der Waals surface area contributed by atoms with Gasteiger partial charge in [0.05, 0.1) is 6.54 Å². The fourth-order valence-corrected chi connectivity index (χ4v) is 0.685. The summed E-state index contributed by atoms with van der Waals surface area (Å²) in [7, 11) is 1.40. The van der Waals surface area contributed by atoms with E-state index >= 15 is 0 Å². The highest BCUT2D eigenvalue weighted by molar-refractivity contribution is 5.68. The molecular weight excluding hydrogens is 186 g/mol. The van der Waals surface area contributed by atoms with Gasteiger partial charge >= 0.3 is 6.09 Å². The van der Waals surface area contributed by atoms with Crippen molar-refractivity contribution >= 4 is 12.4 Å². The zero-order valence-electron chi connectivity index (χ0n) is 8.99. The number of methoxy groups -OCH3 is 1. The molecule has 0 aliphatic rings. The first-order valence-corrected chi connectivity index (χ1v) is 4.34. The maximum absolute atomic E-state index is 11.1. The number of amides is 1. The van der Waals surface area contributed by atoms with Gasteiger partial charge in [0.25, 0.3) is 0 Å². The molecule has 0 aromatic carbocycles. The molecule has 0 aliphatic heterocycles. The number of alkyl carbamates (subject to hydrolysis) is 1. The normalized spacial score (nSPS) is 13.1. The van der Waals surface area contributed by atoms with E-state index < -0.39 is 17.8 Å². The summed E-state index contributed by atoms with van der Waals surface area (Å²) in [5, 5.41) is 2.42. The Kier molecular flexibility index (Phi) is 5.15. The number of rotatable bonds is 4. The maximum atomic E-state index is 11.1. The molecule has 14 heavy (non-hydrogen) atoms. The molecule has 0 aromatic rings. The smallest absolute Gasteiger partial charge is 0.407 e. The van der Waals surface area contributed by atoms with E-state index in [1.54, 1.807) is 20.8 Å². The van der Waals surface area contributed by atoms with E-state index in [9.17, 15) is 9.59 Å². The second-order valence-electron chi connectivity index (χ2n) is 3.79. The molecule has 0 aliphatic carbocycles. The van der Waals surface area contributed by atoms with Gasteiger partial charge in [-0.2, -0.15) is 0 Å². The van der Waals surface area contributed by atoms with Gasteiger partial charge in [-0.05, 0) is 20.8 Å². The van der Waals surface area contributed by atoms with Crippen LogP contribution >= 0.6 is 0 Å². The first kappa shape index (κ1) is 12.9. The summed E-state index contributed by atoms with van der Waals surface area (Å²) in [6, 6.07) is 0. The Hall–Kier alpha value is -1.10. The molecule has 0 aromatic heterocycles. The quantitative estimate of drug-likeness (QED) is 0.684. The summed E-state index contributed by atoms with van der Waals surface area (Å²) in [5.41, 5.74) is -0.534. The Labute approximate surface area is 83.8 Å². The van der Waals surface area contributed by atoms with Crippen LogP contribution in [0.15, 0.2) is 0 Å². The van der Waals surface area contributed by atoms with Gasteiger partial charge < -0.3 is 19.6 Å². The average Bonchev–Trinajstić information content (AvgIpc) is 2.03. The first-order valence-electron chi connectivity index (χ1n) is 4.34. The van der Waals surface area contributed by atoms with Crippen molar-refractivity contribution in [1.29, 1.82) is 0 Å². The third-order valence-electron chi connectivity index (χ3n) is 1.30. The van der Waals surface area contributed by atoms with Gasteiger partial charge in [0.1, 0.15) is 11.7 Å². The lowest BCUT2D eigenvalue weighted by Crippen LogP contribution is -2.37. The molecule has 0 saturated carbocycles. The zero-order chi connectivity index (χ0) is 11.2. The second-order valence-corrected chi connectivity index (χ2v) is 3.79. The minimum Gasteiger partial charge on any atom is -0.444 e. The fraction of sp³-hybridized carbons (Fsp3) is 0.778. The molecule has 0 bridgehead atoms. The van der Waals surface area contributed by atoms with Crippen LogP contribution in [0.25, 0.3) is 0 Å². The molecule has 0 spiro atoms. The Morgan fingerprint density at radius 1 is 1.50 bits per heavy atom. The Balaban J connectivity index is 3.79. The highest BCUT2D eigenvalue weighted by atomic mass is 16.6. The Morgan fingerprint density at radius 2 is 2.07 bits per heavy atom. The number of aldehydes is 1. The van der Waals surface area contributed by atoms with Crippen LogP contribution in [0.3, 0.4) is 0 Å². The predicted molar refractivity (Wildman–Crippen MR) is 51.1 cm³/mol. The van der Waals surface area contributed by atoms with Crippen molar-refractivity contribution in [2.75, 3.05) is 13.7 Å². The Bertz CT molecular complexity index is 197. The van der Waals surface area contributed by atoms with Crippen LogP contribution in [0.2, 0.25) is 0 Å². The van der Waals surface area contributed by atoms with Crippen molar-refractivity contribution in [3.05, 3.63) is 0 Å². The molecule has 82 valence electrons. The number of carbonyl (C=O) groups is 2. The average molecular weight is 203 g/mol. The maximum Gasteiger partial charge on any atom is 0.407 e. The topological polar surface area (TPSA) is 64.6 Å². The van der Waals surface area contributed by atoms with Crippen LogP contribution in [-0.2, 0) is 14.3 Å². The molecule has 1 atom stereocenters. The number of hydrogen-bond donors (Lipinski definition) is 1. The van der Waals surface area contributed by atoms with Gasteiger partial charge in [-0.3, -0.25) is 0 Å². The summed E-state index contributed by atoms with van der Waals surface area (Å²) in [4.78, 5) is 21.4. The third kappa shape index (κ3) is 6.42. The van der Waals surface area contributed by atoms with E-state index in [1.807, 2.05) is 0 Å². The third-order valence-corrected chi connectivity index (χ3v) is 1.30. The van der Waals surface area contributed by atoms with Gasteiger partial charge in [0.2, 0.25) is 0 Å². The van der Waals surface area contributed by atoms with E-state index in [4.69, 9.17) is 9.47 Å². The standard InChI is InChI=1S/C9H17NO4/c1-9(2,3)14-8(12)10-5-7(6-11)13-4/h6-7H,5H2,1-4H3,(H,10,12). The van der Waals surface area contributed by atoms with E-state index in [0.29, 0.717) is 6.29 Å². The molecule has 0 saturated heterocycles. The SMILES string of the molecule is COC(C=O)CNC(=O)OC(C)(C)C. The number of nitrogens with one attached hydrogen (secondary N) is 1. The largest absolute Gasteiger partial charge is 0.444 e. The van der Waals surface area contributed by atoms with Gasteiger partial charge in [-0.25, -0.2) is 4.79 Å². The van der Waals surface area contributed by atoms with E-state index in [1.165, 1.54) is 7.11 Å². The highest BCUT2D eigenvalue weighted by Gasteiger charge is 2.16. The lowest BCUT2D eigenvalue weighted by Gasteiger charge is -2.20. The molecule has 5 nitrogen and oxygen atoms in total. The first-order chi connectivity index (χ1) is 6.39. The summed E-state index contributed by atoms with van der Waals surface area (Å²) >= 11 is 0. The van der Waals surface area contributed by atoms with Gasteiger partial charge in [-0.15, -0.1) is 0 Å². The minimum atomic E-state index is -0.623. The lowest BCUT2D eigenvalue weighted by atomic mass is 10.2.